The molecule has 1 aromatic heterocycles. The largest absolute Gasteiger partial charge is 0.320 e. The second kappa shape index (κ2) is 6.73. The molecule has 4 aromatic rings. The molecule has 0 radical (unpaired) electrons. The highest BCUT2D eigenvalue weighted by Gasteiger charge is 2.08. The molecule has 3 heteroatoms. The van der Waals surface area contributed by atoms with E-state index in [1.165, 1.54) is 17.7 Å². The van der Waals surface area contributed by atoms with Crippen molar-refractivity contribution in [2.75, 3.05) is 0 Å². The first-order valence-corrected chi connectivity index (χ1v) is 8.22. The number of imidazole rings is 1. The topological polar surface area (TPSA) is 17.8 Å². The van der Waals surface area contributed by atoms with Gasteiger partial charge in [-0.1, -0.05) is 60.7 Å². The summed E-state index contributed by atoms with van der Waals surface area (Å²) >= 11 is 0. The van der Waals surface area contributed by atoms with Gasteiger partial charge in [0.05, 0.1) is 11.0 Å². The average molecular weight is 328 g/mol. The van der Waals surface area contributed by atoms with Crippen molar-refractivity contribution in [3.8, 4) is 0 Å². The first-order chi connectivity index (χ1) is 12.3. The van der Waals surface area contributed by atoms with Crippen molar-refractivity contribution >= 4 is 23.2 Å². The van der Waals surface area contributed by atoms with E-state index in [9.17, 15) is 4.39 Å². The number of para-hydroxylation sites is 2. The Morgan fingerprint density at radius 1 is 0.800 bits per heavy atom. The maximum absolute atomic E-state index is 13.1. The molecule has 0 saturated carbocycles. The molecule has 4 rings (SSSR count). The van der Waals surface area contributed by atoms with Crippen molar-refractivity contribution < 1.29 is 4.39 Å². The molecule has 0 N–H and O–H groups in total. The van der Waals surface area contributed by atoms with Crippen LogP contribution < -0.4 is 0 Å². The van der Waals surface area contributed by atoms with Gasteiger partial charge in [-0.05, 0) is 41.5 Å². The minimum absolute atomic E-state index is 0.228. The van der Waals surface area contributed by atoms with Crippen LogP contribution in [0.3, 0.4) is 0 Å². The van der Waals surface area contributed by atoms with Gasteiger partial charge in [-0.25, -0.2) is 9.37 Å². The van der Waals surface area contributed by atoms with Crippen LogP contribution in [0.5, 0.6) is 0 Å². The number of fused-ring (bicyclic) bond motifs is 1. The van der Waals surface area contributed by atoms with Gasteiger partial charge in [0.15, 0.2) is 0 Å². The van der Waals surface area contributed by atoms with Crippen LogP contribution in [-0.2, 0) is 6.54 Å². The summed E-state index contributed by atoms with van der Waals surface area (Å²) in [6.07, 6.45) is 3.94. The normalized spacial score (nSPS) is 11.4. The zero-order chi connectivity index (χ0) is 17.1. The Kier molecular flexibility index (Phi) is 4.13. The summed E-state index contributed by atoms with van der Waals surface area (Å²) in [6.45, 7) is 0.754. The highest BCUT2D eigenvalue weighted by Crippen LogP contribution is 2.20. The summed E-state index contributed by atoms with van der Waals surface area (Å²) in [5, 5.41) is 0. The standard InChI is InChI=1S/C22H17FN2/c23-19-13-10-17(11-14-19)12-15-22-24-20-8-4-5-9-21(20)25(22)16-18-6-2-1-3-7-18/h1-15H,16H2/b15-12+. The van der Waals surface area contributed by atoms with Crippen LogP contribution in [0.2, 0.25) is 0 Å². The molecule has 3 aromatic carbocycles. The van der Waals surface area contributed by atoms with Crippen LogP contribution in [0.4, 0.5) is 4.39 Å². The van der Waals surface area contributed by atoms with Gasteiger partial charge in [0.1, 0.15) is 11.6 Å². The third kappa shape index (κ3) is 3.36. The van der Waals surface area contributed by atoms with E-state index in [1.807, 2.05) is 48.6 Å². The van der Waals surface area contributed by atoms with E-state index in [0.717, 1.165) is 29.0 Å². The lowest BCUT2D eigenvalue weighted by Gasteiger charge is -2.07. The highest BCUT2D eigenvalue weighted by molar-refractivity contribution is 5.80. The monoisotopic (exact) mass is 328 g/mol. The number of rotatable bonds is 4. The maximum atomic E-state index is 13.1. The third-order valence-corrected chi connectivity index (χ3v) is 4.16. The molecule has 0 fully saturated rings. The molecule has 0 amide bonds. The van der Waals surface area contributed by atoms with Crippen molar-refractivity contribution in [1.29, 1.82) is 0 Å². The van der Waals surface area contributed by atoms with E-state index in [-0.39, 0.29) is 5.82 Å². The Morgan fingerprint density at radius 3 is 2.32 bits per heavy atom. The molecule has 0 aliphatic carbocycles. The Bertz CT molecular complexity index is 1020. The Hall–Kier alpha value is -3.20. The van der Waals surface area contributed by atoms with Gasteiger partial charge < -0.3 is 4.57 Å². The van der Waals surface area contributed by atoms with Gasteiger partial charge in [-0.3, -0.25) is 0 Å². The molecule has 2 nitrogen and oxygen atoms in total. The first kappa shape index (κ1) is 15.3. The van der Waals surface area contributed by atoms with Crippen molar-refractivity contribution in [1.82, 2.24) is 9.55 Å². The summed E-state index contributed by atoms with van der Waals surface area (Å²) in [5.74, 6) is 0.655. The molecule has 0 atom stereocenters. The van der Waals surface area contributed by atoms with Crippen LogP contribution in [-0.4, -0.2) is 9.55 Å². The van der Waals surface area contributed by atoms with E-state index >= 15 is 0 Å². The van der Waals surface area contributed by atoms with Crippen LogP contribution in [0.15, 0.2) is 78.9 Å². The fourth-order valence-electron chi connectivity index (χ4n) is 2.90. The molecule has 0 spiro atoms. The summed E-state index contributed by atoms with van der Waals surface area (Å²) in [5.41, 5.74) is 4.24. The molecular formula is C22H17FN2. The van der Waals surface area contributed by atoms with Crippen molar-refractivity contribution in [2.45, 2.75) is 6.54 Å². The molecule has 0 aliphatic heterocycles. The smallest absolute Gasteiger partial charge is 0.134 e. The minimum Gasteiger partial charge on any atom is -0.320 e. The fourth-order valence-corrected chi connectivity index (χ4v) is 2.90. The summed E-state index contributed by atoms with van der Waals surface area (Å²) in [4.78, 5) is 4.74. The Balaban J connectivity index is 1.74. The van der Waals surface area contributed by atoms with E-state index in [4.69, 9.17) is 4.98 Å². The number of hydrogen-bond donors (Lipinski definition) is 0. The predicted molar refractivity (Wildman–Crippen MR) is 101 cm³/mol. The van der Waals surface area contributed by atoms with E-state index in [2.05, 4.69) is 22.8 Å². The summed E-state index contributed by atoms with van der Waals surface area (Å²) < 4.78 is 15.3. The van der Waals surface area contributed by atoms with Crippen molar-refractivity contribution in [3.63, 3.8) is 0 Å². The van der Waals surface area contributed by atoms with Crippen LogP contribution >= 0.6 is 0 Å². The fraction of sp³-hybridized carbons (Fsp3) is 0.0455. The average Bonchev–Trinajstić information content (AvgIpc) is 3.00. The minimum atomic E-state index is -0.228. The lowest BCUT2D eigenvalue weighted by atomic mass is 10.2. The van der Waals surface area contributed by atoms with E-state index in [0.29, 0.717) is 0 Å². The Labute approximate surface area is 145 Å². The zero-order valence-electron chi connectivity index (χ0n) is 13.6. The molecule has 0 bridgehead atoms. The second-order valence-electron chi connectivity index (χ2n) is 5.92. The van der Waals surface area contributed by atoms with Gasteiger partial charge in [0, 0.05) is 6.54 Å². The highest BCUT2D eigenvalue weighted by atomic mass is 19.1. The van der Waals surface area contributed by atoms with E-state index < -0.39 is 0 Å². The molecule has 0 unspecified atom stereocenters. The number of halogens is 1. The summed E-state index contributed by atoms with van der Waals surface area (Å²) in [7, 11) is 0. The number of nitrogens with zero attached hydrogens (tertiary/aromatic N) is 2. The molecule has 0 aliphatic rings. The predicted octanol–water partition coefficient (Wildman–Crippen LogP) is 5.39. The lowest BCUT2D eigenvalue weighted by molar-refractivity contribution is 0.628. The van der Waals surface area contributed by atoms with Crippen molar-refractivity contribution in [3.05, 3.63) is 102 Å². The van der Waals surface area contributed by atoms with Gasteiger partial charge in [-0.2, -0.15) is 0 Å². The third-order valence-electron chi connectivity index (χ3n) is 4.16. The number of benzene rings is 3. The van der Waals surface area contributed by atoms with Gasteiger partial charge in [-0.15, -0.1) is 0 Å². The van der Waals surface area contributed by atoms with Gasteiger partial charge >= 0.3 is 0 Å². The second-order valence-corrected chi connectivity index (χ2v) is 5.92. The quantitative estimate of drug-likeness (QED) is 0.491. The summed E-state index contributed by atoms with van der Waals surface area (Å²) in [6, 6.07) is 24.9. The van der Waals surface area contributed by atoms with Crippen molar-refractivity contribution in [2.24, 2.45) is 0 Å². The molecule has 25 heavy (non-hydrogen) atoms. The van der Waals surface area contributed by atoms with Crippen LogP contribution in [0.1, 0.15) is 17.0 Å². The number of aromatic nitrogens is 2. The van der Waals surface area contributed by atoms with E-state index in [1.54, 1.807) is 12.1 Å². The van der Waals surface area contributed by atoms with Crippen LogP contribution in [0.25, 0.3) is 23.2 Å². The number of hydrogen-bond acceptors (Lipinski definition) is 1. The van der Waals surface area contributed by atoms with Crippen LogP contribution in [0, 0.1) is 5.82 Å². The zero-order valence-corrected chi connectivity index (χ0v) is 13.6. The molecule has 0 saturated heterocycles. The molecular weight excluding hydrogens is 311 g/mol. The first-order valence-electron chi connectivity index (χ1n) is 8.22. The molecule has 122 valence electrons. The molecule has 1 heterocycles. The maximum Gasteiger partial charge on any atom is 0.134 e. The lowest BCUT2D eigenvalue weighted by Crippen LogP contribution is -2.01. The SMILES string of the molecule is Fc1ccc(/C=C/c2nc3ccccc3n2Cc2ccccc2)cc1. The Morgan fingerprint density at radius 2 is 1.52 bits per heavy atom. The van der Waals surface area contributed by atoms with Gasteiger partial charge in [0.2, 0.25) is 0 Å². The van der Waals surface area contributed by atoms with Gasteiger partial charge in [0.25, 0.3) is 0 Å².